The standard InChI is InChI=1S/C11H12NO.B.W/c1-11(2)8-13-10(12-11)9-6-4-3-5-7-9;;/h4-7H,8H2,1-2H3;;/q-1;;. The first kappa shape index (κ1) is 14.4. The average Bonchev–Trinajstić information content (AvgIpc) is 2.48. The quantitative estimate of drug-likeness (QED) is 0.545. The summed E-state index contributed by atoms with van der Waals surface area (Å²) in [5.41, 5.74) is 0.957. The molecule has 2 rings (SSSR count). The van der Waals surface area contributed by atoms with E-state index in [-0.39, 0.29) is 35.0 Å². The zero-order valence-corrected chi connectivity index (χ0v) is 11.8. The maximum absolute atomic E-state index is 5.49. The van der Waals surface area contributed by atoms with Gasteiger partial charge in [-0.1, -0.05) is 5.56 Å². The topological polar surface area (TPSA) is 21.6 Å². The van der Waals surface area contributed by atoms with Gasteiger partial charge < -0.3 is 4.74 Å². The molecule has 1 heterocycles. The molecule has 1 aliphatic heterocycles. The molecule has 0 atom stereocenters. The molecule has 0 fully saturated rings. The Morgan fingerprint density at radius 2 is 1.93 bits per heavy atom. The molecule has 0 unspecified atom stereocenters. The van der Waals surface area contributed by atoms with Crippen LogP contribution in [0.1, 0.15) is 19.4 Å². The average molecular weight is 369 g/mol. The van der Waals surface area contributed by atoms with E-state index in [4.69, 9.17) is 4.74 Å². The van der Waals surface area contributed by atoms with Crippen LogP contribution in [0.4, 0.5) is 0 Å². The van der Waals surface area contributed by atoms with Gasteiger partial charge in [-0.3, -0.25) is 0 Å². The third-order valence-electron chi connectivity index (χ3n) is 1.93. The fourth-order valence-electron chi connectivity index (χ4n) is 1.26. The number of aliphatic imine (C=N–C) groups is 1. The Kier molecular flexibility index (Phi) is 5.30. The van der Waals surface area contributed by atoms with E-state index in [1.165, 1.54) is 0 Å². The predicted molar refractivity (Wildman–Crippen MR) is 57.6 cm³/mol. The molecule has 1 aliphatic rings. The molecular formula is C11H12BNOW-. The van der Waals surface area contributed by atoms with Crippen molar-refractivity contribution < 1.29 is 25.8 Å². The first-order valence-corrected chi connectivity index (χ1v) is 4.36. The molecule has 0 bridgehead atoms. The summed E-state index contributed by atoms with van der Waals surface area (Å²) in [6.45, 7) is 4.80. The Morgan fingerprint density at radius 1 is 1.33 bits per heavy atom. The van der Waals surface area contributed by atoms with Crippen LogP contribution in [0, 0.1) is 6.07 Å². The summed E-state index contributed by atoms with van der Waals surface area (Å²) in [4.78, 5) is 4.47. The van der Waals surface area contributed by atoms with Gasteiger partial charge >= 0.3 is 0 Å². The molecule has 0 saturated carbocycles. The summed E-state index contributed by atoms with van der Waals surface area (Å²) < 4.78 is 5.49. The van der Waals surface area contributed by atoms with Gasteiger partial charge in [0, 0.05) is 29.5 Å². The Labute approximate surface area is 107 Å². The number of hydrogen-bond acceptors (Lipinski definition) is 2. The van der Waals surface area contributed by atoms with Crippen LogP contribution >= 0.6 is 0 Å². The monoisotopic (exact) mass is 369 g/mol. The van der Waals surface area contributed by atoms with Crippen molar-refractivity contribution in [2.24, 2.45) is 4.99 Å². The van der Waals surface area contributed by atoms with E-state index in [1.54, 1.807) is 0 Å². The third-order valence-corrected chi connectivity index (χ3v) is 1.93. The number of hydrogen-bond donors (Lipinski definition) is 0. The second kappa shape index (κ2) is 5.51. The van der Waals surface area contributed by atoms with Crippen molar-refractivity contribution in [3.05, 3.63) is 35.9 Å². The minimum atomic E-state index is -0.0745. The van der Waals surface area contributed by atoms with Crippen molar-refractivity contribution in [3.63, 3.8) is 0 Å². The maximum Gasteiger partial charge on any atom is 0.191 e. The van der Waals surface area contributed by atoms with Crippen molar-refractivity contribution in [2.45, 2.75) is 19.4 Å². The molecule has 2 nitrogen and oxygen atoms in total. The summed E-state index contributed by atoms with van der Waals surface area (Å²) in [5, 5.41) is 0. The Morgan fingerprint density at radius 3 is 2.40 bits per heavy atom. The summed E-state index contributed by atoms with van der Waals surface area (Å²) in [6.07, 6.45) is 0. The van der Waals surface area contributed by atoms with E-state index in [2.05, 4.69) is 24.9 Å². The number of rotatable bonds is 1. The van der Waals surface area contributed by atoms with E-state index in [1.807, 2.05) is 24.3 Å². The Bertz CT molecular complexity index is 338. The minimum absolute atomic E-state index is 0. The second-order valence-corrected chi connectivity index (χ2v) is 3.81. The van der Waals surface area contributed by atoms with Crippen LogP contribution in [-0.4, -0.2) is 26.5 Å². The van der Waals surface area contributed by atoms with Gasteiger partial charge in [0.25, 0.3) is 0 Å². The maximum atomic E-state index is 5.49. The molecule has 3 radical (unpaired) electrons. The second-order valence-electron chi connectivity index (χ2n) is 3.81. The van der Waals surface area contributed by atoms with Crippen LogP contribution < -0.4 is 0 Å². The summed E-state index contributed by atoms with van der Waals surface area (Å²) >= 11 is 0. The number of ether oxygens (including phenoxy) is 1. The molecular weight excluding hydrogens is 357 g/mol. The number of nitrogens with zero attached hydrogens (tertiary/aromatic N) is 1. The molecule has 1 aromatic rings. The van der Waals surface area contributed by atoms with Gasteiger partial charge in [-0.2, -0.15) is 30.3 Å². The Hall–Kier alpha value is -0.557. The van der Waals surface area contributed by atoms with E-state index < -0.39 is 0 Å². The fourth-order valence-corrected chi connectivity index (χ4v) is 1.26. The van der Waals surface area contributed by atoms with E-state index >= 15 is 0 Å². The van der Waals surface area contributed by atoms with Crippen molar-refractivity contribution in [1.29, 1.82) is 0 Å². The van der Waals surface area contributed by atoms with Gasteiger partial charge in [-0.05, 0) is 13.8 Å². The molecule has 0 spiro atoms. The first-order valence-electron chi connectivity index (χ1n) is 4.36. The van der Waals surface area contributed by atoms with Crippen LogP contribution in [0.2, 0.25) is 0 Å². The summed E-state index contributed by atoms with van der Waals surface area (Å²) in [5.74, 6) is 0.749. The van der Waals surface area contributed by atoms with Crippen LogP contribution in [-0.2, 0) is 25.8 Å². The van der Waals surface area contributed by atoms with Gasteiger partial charge in [0.2, 0.25) is 0 Å². The van der Waals surface area contributed by atoms with Gasteiger partial charge in [-0.15, -0.1) is 0 Å². The van der Waals surface area contributed by atoms with Crippen LogP contribution in [0.3, 0.4) is 0 Å². The molecule has 1 aromatic carbocycles. The summed E-state index contributed by atoms with van der Waals surface area (Å²) in [6, 6.07) is 10.6. The van der Waals surface area contributed by atoms with Crippen LogP contribution in [0.5, 0.6) is 0 Å². The van der Waals surface area contributed by atoms with Crippen molar-refractivity contribution in [1.82, 2.24) is 0 Å². The van der Waals surface area contributed by atoms with Gasteiger partial charge in [0.15, 0.2) is 5.90 Å². The summed E-state index contributed by atoms with van der Waals surface area (Å²) in [7, 11) is 0. The molecule has 0 N–H and O–H groups in total. The minimum Gasteiger partial charge on any atom is -0.476 e. The largest absolute Gasteiger partial charge is 0.476 e. The third kappa shape index (κ3) is 3.49. The zero-order valence-electron chi connectivity index (χ0n) is 8.86. The van der Waals surface area contributed by atoms with E-state index in [0.29, 0.717) is 6.61 Å². The first-order chi connectivity index (χ1) is 6.17. The normalized spacial score (nSPS) is 16.8. The smallest absolute Gasteiger partial charge is 0.191 e. The predicted octanol–water partition coefficient (Wildman–Crippen LogP) is 1.66. The van der Waals surface area contributed by atoms with Gasteiger partial charge in [0.1, 0.15) is 6.61 Å². The van der Waals surface area contributed by atoms with Gasteiger partial charge in [-0.25, -0.2) is 4.99 Å². The van der Waals surface area contributed by atoms with Crippen molar-refractivity contribution in [2.75, 3.05) is 6.61 Å². The molecule has 15 heavy (non-hydrogen) atoms. The van der Waals surface area contributed by atoms with Crippen LogP contribution in [0.15, 0.2) is 29.3 Å². The molecule has 4 heteroatoms. The molecule has 0 saturated heterocycles. The SMILES string of the molecule is CC1(C)COC(c2cc[c-]cc2)=N1.[B].[W]. The molecule has 77 valence electrons. The van der Waals surface area contributed by atoms with Crippen molar-refractivity contribution in [3.8, 4) is 0 Å². The van der Waals surface area contributed by atoms with Gasteiger partial charge in [0.05, 0.1) is 5.54 Å². The Balaban J connectivity index is 0.000000980. The number of benzene rings is 1. The van der Waals surface area contributed by atoms with Crippen LogP contribution in [0.25, 0.3) is 0 Å². The molecule has 0 aliphatic carbocycles. The zero-order chi connectivity index (χ0) is 9.31. The van der Waals surface area contributed by atoms with E-state index in [9.17, 15) is 0 Å². The molecule has 0 aromatic heterocycles. The van der Waals surface area contributed by atoms with Crippen molar-refractivity contribution >= 4 is 14.3 Å². The fraction of sp³-hybridized carbons (Fsp3) is 0.364. The van der Waals surface area contributed by atoms with E-state index in [0.717, 1.165) is 11.5 Å². The molecule has 0 amide bonds.